The number of hydrogen-bond acceptors (Lipinski definition) is 2. The summed E-state index contributed by atoms with van der Waals surface area (Å²) in [7, 11) is 0. The van der Waals surface area contributed by atoms with Gasteiger partial charge in [-0.3, -0.25) is 4.98 Å². The van der Waals surface area contributed by atoms with Crippen LogP contribution in [0.25, 0.3) is 44.3 Å². The Kier molecular flexibility index (Phi) is 3.18. The van der Waals surface area contributed by atoms with Crippen LogP contribution in [0.1, 0.15) is 30.5 Å². The van der Waals surface area contributed by atoms with Gasteiger partial charge in [-0.25, -0.2) is 0 Å². The van der Waals surface area contributed by atoms with Crippen molar-refractivity contribution in [2.24, 2.45) is 0 Å². The summed E-state index contributed by atoms with van der Waals surface area (Å²) in [4.78, 5) is 4.82. The quantitative estimate of drug-likeness (QED) is 0.308. The summed E-state index contributed by atoms with van der Waals surface area (Å²) in [6.45, 7) is 6.71. The van der Waals surface area contributed by atoms with E-state index in [2.05, 4.69) is 81.4 Å². The number of nitrogens with zero attached hydrogens (tertiary/aromatic N) is 1. The average Bonchev–Trinajstić information content (AvgIpc) is 3.12. The first-order chi connectivity index (χ1) is 14.1. The van der Waals surface area contributed by atoms with Gasteiger partial charge in [0, 0.05) is 33.5 Å². The number of aromatic nitrogens is 1. The molecule has 0 saturated carbocycles. The Morgan fingerprint density at radius 2 is 1.52 bits per heavy atom. The maximum Gasteiger partial charge on any atom is 0.143 e. The summed E-state index contributed by atoms with van der Waals surface area (Å²) in [5, 5.41) is 2.42. The van der Waals surface area contributed by atoms with Crippen molar-refractivity contribution in [3.05, 3.63) is 89.6 Å². The number of aryl methyl sites for hydroxylation is 1. The molecule has 0 bridgehead atoms. The molecular formula is C27H21NO. The SMILES string of the molecule is Cc1ccc2c3c1oc1c(-c4ccccc4)ccc(c13)C(C)(C)c1cccnc1-2. The number of fused-ring (bicyclic) bond motifs is 2. The lowest BCUT2D eigenvalue weighted by Gasteiger charge is -2.27. The van der Waals surface area contributed by atoms with Crippen molar-refractivity contribution in [3.63, 3.8) is 0 Å². The number of benzene rings is 3. The third kappa shape index (κ3) is 2.09. The number of hydrogen-bond donors (Lipinski definition) is 0. The van der Waals surface area contributed by atoms with Crippen LogP contribution < -0.4 is 0 Å². The predicted molar refractivity (Wildman–Crippen MR) is 119 cm³/mol. The van der Waals surface area contributed by atoms with Crippen LogP contribution >= 0.6 is 0 Å². The van der Waals surface area contributed by atoms with E-state index in [1.165, 1.54) is 27.5 Å². The molecule has 2 heterocycles. The van der Waals surface area contributed by atoms with Gasteiger partial charge >= 0.3 is 0 Å². The van der Waals surface area contributed by atoms with Gasteiger partial charge < -0.3 is 4.42 Å². The number of furan rings is 1. The molecule has 0 radical (unpaired) electrons. The Morgan fingerprint density at radius 1 is 0.724 bits per heavy atom. The molecule has 140 valence electrons. The van der Waals surface area contributed by atoms with E-state index in [0.717, 1.165) is 33.6 Å². The van der Waals surface area contributed by atoms with Crippen LogP contribution in [-0.2, 0) is 5.41 Å². The van der Waals surface area contributed by atoms with Crippen LogP contribution in [0.5, 0.6) is 0 Å². The van der Waals surface area contributed by atoms with Crippen molar-refractivity contribution in [2.75, 3.05) is 0 Å². The van der Waals surface area contributed by atoms with Gasteiger partial charge in [0.15, 0.2) is 0 Å². The lowest BCUT2D eigenvalue weighted by molar-refractivity contribution is 0.641. The Bertz CT molecular complexity index is 1420. The zero-order valence-corrected chi connectivity index (χ0v) is 16.8. The van der Waals surface area contributed by atoms with Crippen molar-refractivity contribution in [3.8, 4) is 22.4 Å². The molecule has 29 heavy (non-hydrogen) atoms. The smallest absolute Gasteiger partial charge is 0.143 e. The zero-order valence-electron chi connectivity index (χ0n) is 16.8. The van der Waals surface area contributed by atoms with Crippen LogP contribution in [0.2, 0.25) is 0 Å². The van der Waals surface area contributed by atoms with Crippen molar-refractivity contribution in [1.29, 1.82) is 0 Å². The van der Waals surface area contributed by atoms with E-state index in [9.17, 15) is 0 Å². The van der Waals surface area contributed by atoms with Crippen molar-refractivity contribution in [1.82, 2.24) is 4.98 Å². The molecule has 2 aromatic heterocycles. The van der Waals surface area contributed by atoms with E-state index in [0.29, 0.717) is 0 Å². The average molecular weight is 375 g/mol. The predicted octanol–water partition coefficient (Wildman–Crippen LogP) is 7.26. The highest BCUT2D eigenvalue weighted by Gasteiger charge is 2.35. The summed E-state index contributed by atoms with van der Waals surface area (Å²) in [6.07, 6.45) is 1.89. The first-order valence-corrected chi connectivity index (χ1v) is 10.1. The molecule has 1 aliphatic rings. The highest BCUT2D eigenvalue weighted by atomic mass is 16.3. The highest BCUT2D eigenvalue weighted by molar-refractivity contribution is 6.18. The van der Waals surface area contributed by atoms with E-state index in [1.807, 2.05) is 12.3 Å². The van der Waals surface area contributed by atoms with Gasteiger partial charge in [-0.05, 0) is 35.2 Å². The Labute approximate surface area is 169 Å². The lowest BCUT2D eigenvalue weighted by atomic mass is 9.76. The molecule has 1 aliphatic carbocycles. The van der Waals surface area contributed by atoms with Gasteiger partial charge in [0.25, 0.3) is 0 Å². The molecule has 0 N–H and O–H groups in total. The third-order valence-electron chi connectivity index (χ3n) is 6.46. The molecule has 0 unspecified atom stereocenters. The highest BCUT2D eigenvalue weighted by Crippen LogP contribution is 2.51. The Balaban J connectivity index is 1.88. The van der Waals surface area contributed by atoms with Gasteiger partial charge in [-0.1, -0.05) is 74.5 Å². The molecule has 0 spiro atoms. The maximum atomic E-state index is 6.61. The van der Waals surface area contributed by atoms with Crippen LogP contribution in [-0.4, -0.2) is 4.98 Å². The second-order valence-electron chi connectivity index (χ2n) is 8.49. The van der Waals surface area contributed by atoms with Crippen LogP contribution in [0, 0.1) is 6.92 Å². The second kappa shape index (κ2) is 5.57. The summed E-state index contributed by atoms with van der Waals surface area (Å²) < 4.78 is 6.61. The molecule has 5 aromatic rings. The molecule has 0 atom stereocenters. The fraction of sp³-hybridized carbons (Fsp3) is 0.148. The topological polar surface area (TPSA) is 26.0 Å². The van der Waals surface area contributed by atoms with E-state index >= 15 is 0 Å². The molecule has 2 heteroatoms. The minimum atomic E-state index is -0.180. The van der Waals surface area contributed by atoms with Gasteiger partial charge in [0.05, 0.1) is 5.69 Å². The summed E-state index contributed by atoms with van der Waals surface area (Å²) in [5.74, 6) is 0. The van der Waals surface area contributed by atoms with Gasteiger partial charge in [-0.15, -0.1) is 0 Å². The van der Waals surface area contributed by atoms with E-state index < -0.39 is 0 Å². The maximum absolute atomic E-state index is 6.61. The molecular weight excluding hydrogens is 354 g/mol. The standard InChI is InChI=1S/C27H21NO/c1-16-11-12-19-22-23-20(27(2,3)21-10-7-15-28-24(19)21)14-13-18(26(23)29-25(16)22)17-8-5-4-6-9-17/h4-15H,1-3H3. The lowest BCUT2D eigenvalue weighted by Crippen LogP contribution is -2.20. The molecule has 2 nitrogen and oxygen atoms in total. The second-order valence-corrected chi connectivity index (χ2v) is 8.49. The fourth-order valence-corrected chi connectivity index (χ4v) is 4.94. The van der Waals surface area contributed by atoms with Gasteiger partial charge in [0.1, 0.15) is 11.2 Å². The van der Waals surface area contributed by atoms with Gasteiger partial charge in [0.2, 0.25) is 0 Å². The molecule has 0 saturated heterocycles. The van der Waals surface area contributed by atoms with Crippen molar-refractivity contribution >= 4 is 21.9 Å². The Hall–Kier alpha value is -3.39. The van der Waals surface area contributed by atoms with Crippen molar-refractivity contribution in [2.45, 2.75) is 26.2 Å². The molecule has 0 aliphatic heterocycles. The summed E-state index contributed by atoms with van der Waals surface area (Å²) in [5.41, 5.74) is 10.0. The van der Waals surface area contributed by atoms with E-state index in [4.69, 9.17) is 9.40 Å². The Morgan fingerprint density at radius 3 is 2.34 bits per heavy atom. The fourth-order valence-electron chi connectivity index (χ4n) is 4.94. The van der Waals surface area contributed by atoms with Crippen LogP contribution in [0.3, 0.4) is 0 Å². The van der Waals surface area contributed by atoms with E-state index in [1.54, 1.807) is 0 Å². The number of rotatable bonds is 1. The van der Waals surface area contributed by atoms with Crippen LogP contribution in [0.15, 0.2) is 77.3 Å². The molecule has 6 rings (SSSR count). The number of pyridine rings is 1. The summed E-state index contributed by atoms with van der Waals surface area (Å²) >= 11 is 0. The minimum absolute atomic E-state index is 0.180. The minimum Gasteiger partial charge on any atom is -0.455 e. The van der Waals surface area contributed by atoms with Crippen LogP contribution in [0.4, 0.5) is 0 Å². The first-order valence-electron chi connectivity index (χ1n) is 10.1. The first kappa shape index (κ1) is 16.6. The largest absolute Gasteiger partial charge is 0.455 e. The normalized spacial score (nSPS) is 14.3. The monoisotopic (exact) mass is 375 g/mol. The van der Waals surface area contributed by atoms with Crippen molar-refractivity contribution < 1.29 is 4.42 Å². The molecule has 0 amide bonds. The zero-order chi connectivity index (χ0) is 19.8. The molecule has 0 fully saturated rings. The van der Waals surface area contributed by atoms with E-state index in [-0.39, 0.29) is 5.41 Å². The van der Waals surface area contributed by atoms with Gasteiger partial charge in [-0.2, -0.15) is 0 Å². The molecule has 3 aromatic carbocycles. The third-order valence-corrected chi connectivity index (χ3v) is 6.46. The summed E-state index contributed by atoms with van der Waals surface area (Å²) in [6, 6.07) is 23.6.